The molecule has 0 saturated carbocycles. The van der Waals surface area contributed by atoms with Crippen molar-refractivity contribution in [2.75, 3.05) is 20.2 Å². The molecule has 1 aliphatic rings. The Bertz CT molecular complexity index is 514. The summed E-state index contributed by atoms with van der Waals surface area (Å²) >= 11 is 0. The molecule has 1 fully saturated rings. The molecule has 5 heteroatoms. The number of piperazine rings is 1. The molecule has 1 heterocycles. The fourth-order valence-corrected chi connectivity index (χ4v) is 2.42. The van der Waals surface area contributed by atoms with E-state index in [1.165, 1.54) is 0 Å². The van der Waals surface area contributed by atoms with Crippen LogP contribution in [0.1, 0.15) is 19.4 Å². The summed E-state index contributed by atoms with van der Waals surface area (Å²) in [6.07, 6.45) is 0.509. The number of rotatable bonds is 5. The number of amides is 2. The smallest absolute Gasteiger partial charge is 0.246 e. The molecule has 2 rings (SSSR count). The summed E-state index contributed by atoms with van der Waals surface area (Å²) in [5, 5.41) is 2.78. The van der Waals surface area contributed by atoms with Gasteiger partial charge in [0.1, 0.15) is 6.04 Å². The minimum absolute atomic E-state index is 0.0522. The number of hydrogen-bond acceptors (Lipinski definition) is 3. The second-order valence-electron chi connectivity index (χ2n) is 5.97. The van der Waals surface area contributed by atoms with Crippen molar-refractivity contribution >= 4 is 11.8 Å². The molecule has 0 bridgehead atoms. The second-order valence-corrected chi connectivity index (χ2v) is 5.97. The van der Waals surface area contributed by atoms with Crippen molar-refractivity contribution in [2.45, 2.75) is 31.9 Å². The van der Waals surface area contributed by atoms with E-state index in [-0.39, 0.29) is 18.4 Å². The summed E-state index contributed by atoms with van der Waals surface area (Å²) in [5.74, 6) is -0.175. The van der Waals surface area contributed by atoms with Crippen molar-refractivity contribution in [1.82, 2.24) is 10.2 Å². The van der Waals surface area contributed by atoms with Gasteiger partial charge in [0.05, 0.1) is 12.1 Å². The molecular weight excluding hydrogens is 268 g/mol. The van der Waals surface area contributed by atoms with Gasteiger partial charge in [-0.3, -0.25) is 9.59 Å². The van der Waals surface area contributed by atoms with E-state index in [4.69, 9.17) is 4.74 Å². The van der Waals surface area contributed by atoms with E-state index in [9.17, 15) is 9.59 Å². The van der Waals surface area contributed by atoms with Gasteiger partial charge in [-0.05, 0) is 19.4 Å². The molecule has 1 aromatic rings. The zero-order valence-corrected chi connectivity index (χ0v) is 12.8. The van der Waals surface area contributed by atoms with Crippen molar-refractivity contribution in [3.63, 3.8) is 0 Å². The van der Waals surface area contributed by atoms with Crippen molar-refractivity contribution in [3.8, 4) is 0 Å². The van der Waals surface area contributed by atoms with Gasteiger partial charge in [0.15, 0.2) is 0 Å². The average Bonchev–Trinajstić information content (AvgIpc) is 2.45. The van der Waals surface area contributed by atoms with Crippen molar-refractivity contribution in [3.05, 3.63) is 35.9 Å². The standard InChI is InChI=1S/C16H22N2O3/c1-16(2,21-3)11-18-10-14(19)17-13(15(18)20)9-12-7-5-4-6-8-12/h4-8,13H,9-11H2,1-3H3,(H,17,19). The first-order valence-electron chi connectivity index (χ1n) is 7.08. The molecule has 21 heavy (non-hydrogen) atoms. The quantitative estimate of drug-likeness (QED) is 0.879. The van der Waals surface area contributed by atoms with Gasteiger partial charge in [-0.25, -0.2) is 0 Å². The predicted molar refractivity (Wildman–Crippen MR) is 79.7 cm³/mol. The number of nitrogens with one attached hydrogen (secondary N) is 1. The minimum atomic E-state index is -0.499. The summed E-state index contributed by atoms with van der Waals surface area (Å²) < 4.78 is 5.35. The first-order chi connectivity index (χ1) is 9.91. The Hall–Kier alpha value is -1.88. The molecule has 1 atom stereocenters. The van der Waals surface area contributed by atoms with E-state index in [1.807, 2.05) is 44.2 Å². The van der Waals surface area contributed by atoms with Crippen molar-refractivity contribution < 1.29 is 14.3 Å². The molecule has 0 aromatic heterocycles. The second kappa shape index (κ2) is 6.26. The summed E-state index contributed by atoms with van der Waals surface area (Å²) in [6, 6.07) is 9.20. The molecule has 0 spiro atoms. The largest absolute Gasteiger partial charge is 0.377 e. The molecule has 1 N–H and O–H groups in total. The highest BCUT2D eigenvalue weighted by Crippen LogP contribution is 2.15. The Kier molecular flexibility index (Phi) is 4.63. The lowest BCUT2D eigenvalue weighted by atomic mass is 10.0. The predicted octanol–water partition coefficient (Wildman–Crippen LogP) is 0.981. The maximum atomic E-state index is 12.5. The Morgan fingerprint density at radius 3 is 2.57 bits per heavy atom. The molecule has 0 radical (unpaired) electrons. The molecule has 1 aromatic carbocycles. The number of carbonyl (C=O) groups is 2. The molecule has 1 saturated heterocycles. The van der Waals surface area contributed by atoms with Crippen LogP contribution >= 0.6 is 0 Å². The van der Waals surface area contributed by atoms with Crippen LogP contribution in [-0.2, 0) is 20.7 Å². The fourth-order valence-electron chi connectivity index (χ4n) is 2.42. The van der Waals surface area contributed by atoms with Crippen molar-refractivity contribution in [1.29, 1.82) is 0 Å². The number of hydrogen-bond donors (Lipinski definition) is 1. The number of ether oxygens (including phenoxy) is 1. The van der Waals surface area contributed by atoms with E-state index < -0.39 is 11.6 Å². The molecule has 0 aliphatic carbocycles. The topological polar surface area (TPSA) is 58.6 Å². The van der Waals surface area contributed by atoms with Crippen LogP contribution in [-0.4, -0.2) is 48.6 Å². The first-order valence-corrected chi connectivity index (χ1v) is 7.08. The van der Waals surface area contributed by atoms with E-state index in [2.05, 4.69) is 5.32 Å². The summed E-state index contributed by atoms with van der Waals surface area (Å²) in [7, 11) is 1.61. The number of benzene rings is 1. The highest BCUT2D eigenvalue weighted by Gasteiger charge is 2.35. The molecule has 1 unspecified atom stereocenters. The monoisotopic (exact) mass is 290 g/mol. The number of nitrogens with zero attached hydrogens (tertiary/aromatic N) is 1. The van der Waals surface area contributed by atoms with Crippen LogP contribution in [0.25, 0.3) is 0 Å². The van der Waals surface area contributed by atoms with Crippen molar-refractivity contribution in [2.24, 2.45) is 0 Å². The van der Waals surface area contributed by atoms with E-state index in [0.717, 1.165) is 5.56 Å². The molecule has 1 aliphatic heterocycles. The van der Waals surface area contributed by atoms with E-state index in [0.29, 0.717) is 13.0 Å². The molecular formula is C16H22N2O3. The lowest BCUT2D eigenvalue weighted by Gasteiger charge is -2.37. The van der Waals surface area contributed by atoms with Gasteiger partial charge in [-0.15, -0.1) is 0 Å². The fraction of sp³-hybridized carbons (Fsp3) is 0.500. The Balaban J connectivity index is 2.09. The van der Waals surface area contributed by atoms with Gasteiger partial charge in [-0.2, -0.15) is 0 Å². The van der Waals surface area contributed by atoms with Gasteiger partial charge in [-0.1, -0.05) is 30.3 Å². The Morgan fingerprint density at radius 1 is 1.29 bits per heavy atom. The molecule has 114 valence electrons. The van der Waals surface area contributed by atoms with Crippen LogP contribution in [0.4, 0.5) is 0 Å². The highest BCUT2D eigenvalue weighted by molar-refractivity contribution is 5.95. The zero-order chi connectivity index (χ0) is 15.5. The third-order valence-electron chi connectivity index (χ3n) is 3.69. The van der Waals surface area contributed by atoms with Crippen LogP contribution < -0.4 is 5.32 Å². The maximum absolute atomic E-state index is 12.5. The van der Waals surface area contributed by atoms with Gasteiger partial charge in [0.2, 0.25) is 11.8 Å². The van der Waals surface area contributed by atoms with Crippen LogP contribution in [0.15, 0.2) is 30.3 Å². The minimum Gasteiger partial charge on any atom is -0.377 e. The number of methoxy groups -OCH3 is 1. The maximum Gasteiger partial charge on any atom is 0.246 e. The summed E-state index contributed by atoms with van der Waals surface area (Å²) in [5.41, 5.74) is 0.564. The first kappa shape index (κ1) is 15.5. The third-order valence-corrected chi connectivity index (χ3v) is 3.69. The number of carbonyl (C=O) groups excluding carboxylic acids is 2. The Morgan fingerprint density at radius 2 is 1.95 bits per heavy atom. The van der Waals surface area contributed by atoms with Gasteiger partial charge >= 0.3 is 0 Å². The zero-order valence-electron chi connectivity index (χ0n) is 12.8. The third kappa shape index (κ3) is 4.04. The lowest BCUT2D eigenvalue weighted by Crippen LogP contribution is -2.61. The normalized spacial score (nSPS) is 19.6. The summed E-state index contributed by atoms with van der Waals surface area (Å²) in [4.78, 5) is 26.0. The average molecular weight is 290 g/mol. The highest BCUT2D eigenvalue weighted by atomic mass is 16.5. The Labute approximate surface area is 125 Å². The van der Waals surface area contributed by atoms with E-state index in [1.54, 1.807) is 12.0 Å². The van der Waals surface area contributed by atoms with Crippen LogP contribution in [0.3, 0.4) is 0 Å². The van der Waals surface area contributed by atoms with Crippen LogP contribution in [0, 0.1) is 0 Å². The van der Waals surface area contributed by atoms with Crippen LogP contribution in [0.5, 0.6) is 0 Å². The lowest BCUT2D eigenvalue weighted by molar-refractivity contribution is -0.147. The summed E-state index contributed by atoms with van der Waals surface area (Å²) in [6.45, 7) is 4.30. The van der Waals surface area contributed by atoms with Gasteiger partial charge < -0.3 is 15.0 Å². The van der Waals surface area contributed by atoms with E-state index >= 15 is 0 Å². The SMILES string of the molecule is COC(C)(C)CN1CC(=O)NC(Cc2ccccc2)C1=O. The molecule has 2 amide bonds. The van der Waals surface area contributed by atoms with Gasteiger partial charge in [0.25, 0.3) is 0 Å². The van der Waals surface area contributed by atoms with Crippen LogP contribution in [0.2, 0.25) is 0 Å². The van der Waals surface area contributed by atoms with Gasteiger partial charge in [0, 0.05) is 20.1 Å². The molecule has 5 nitrogen and oxygen atoms in total.